The van der Waals surface area contributed by atoms with Crippen molar-refractivity contribution < 1.29 is 4.74 Å². The molecule has 0 heterocycles. The highest BCUT2D eigenvalue weighted by Gasteiger charge is 2.13. The van der Waals surface area contributed by atoms with Gasteiger partial charge in [-0.1, -0.05) is 61.5 Å². The van der Waals surface area contributed by atoms with Crippen molar-refractivity contribution in [2.45, 2.75) is 33.0 Å². The Balaban J connectivity index is 2.03. The number of rotatable bonds is 8. The second-order valence-electron chi connectivity index (χ2n) is 5.35. The molecule has 2 rings (SSSR count). The molecule has 2 aromatic rings. The normalized spacial score (nSPS) is 12.3. The first-order valence-electron chi connectivity index (χ1n) is 7.73. The molecule has 1 atom stereocenters. The number of nitrogens with one attached hydrogen (secondary N) is 1. The van der Waals surface area contributed by atoms with Crippen LogP contribution >= 0.6 is 0 Å². The third-order valence-corrected chi connectivity index (χ3v) is 3.59. The molecular weight excluding hydrogens is 258 g/mol. The molecule has 0 saturated heterocycles. The van der Waals surface area contributed by atoms with Gasteiger partial charge in [-0.3, -0.25) is 0 Å². The maximum atomic E-state index is 6.18. The lowest BCUT2D eigenvalue weighted by molar-refractivity contribution is 0.0395. The number of ether oxygens (including phenoxy) is 1. The zero-order valence-corrected chi connectivity index (χ0v) is 13.0. The second-order valence-corrected chi connectivity index (χ2v) is 5.35. The number of benzene rings is 2. The predicted octanol–water partition coefficient (Wildman–Crippen LogP) is 4.25. The van der Waals surface area contributed by atoms with Crippen LogP contribution in [0.1, 0.15) is 36.1 Å². The van der Waals surface area contributed by atoms with Gasteiger partial charge in [-0.2, -0.15) is 0 Å². The minimum Gasteiger partial charge on any atom is -0.368 e. The molecule has 0 spiro atoms. The molecule has 1 N–H and O–H groups in total. The molecule has 0 aliphatic heterocycles. The van der Waals surface area contributed by atoms with Crippen LogP contribution in [0.5, 0.6) is 0 Å². The Morgan fingerprint density at radius 1 is 1.00 bits per heavy atom. The fourth-order valence-electron chi connectivity index (χ4n) is 2.39. The molecule has 2 nitrogen and oxygen atoms in total. The topological polar surface area (TPSA) is 21.3 Å². The molecule has 0 aromatic heterocycles. The highest BCUT2D eigenvalue weighted by atomic mass is 16.5. The predicted molar refractivity (Wildman–Crippen MR) is 88.3 cm³/mol. The first-order chi connectivity index (χ1) is 10.3. The summed E-state index contributed by atoms with van der Waals surface area (Å²) in [4.78, 5) is 0. The van der Waals surface area contributed by atoms with E-state index in [1.807, 2.05) is 6.07 Å². The largest absolute Gasteiger partial charge is 0.368 e. The first-order valence-corrected chi connectivity index (χ1v) is 7.73. The highest BCUT2D eigenvalue weighted by molar-refractivity contribution is 5.28. The van der Waals surface area contributed by atoms with Gasteiger partial charge in [-0.25, -0.2) is 0 Å². The van der Waals surface area contributed by atoms with E-state index >= 15 is 0 Å². The minimum absolute atomic E-state index is 0.0953. The van der Waals surface area contributed by atoms with Crippen molar-refractivity contribution in [3.05, 3.63) is 71.3 Å². The quantitative estimate of drug-likeness (QED) is 0.731. The van der Waals surface area contributed by atoms with Crippen LogP contribution in [0.25, 0.3) is 0 Å². The number of aryl methyl sites for hydroxylation is 1. The summed E-state index contributed by atoms with van der Waals surface area (Å²) in [5, 5.41) is 3.47. The lowest BCUT2D eigenvalue weighted by Crippen LogP contribution is -2.24. The zero-order valence-electron chi connectivity index (χ0n) is 13.0. The summed E-state index contributed by atoms with van der Waals surface area (Å²) < 4.78 is 6.18. The molecule has 21 heavy (non-hydrogen) atoms. The van der Waals surface area contributed by atoms with Crippen LogP contribution in [0.15, 0.2) is 54.6 Å². The summed E-state index contributed by atoms with van der Waals surface area (Å²) in [5.41, 5.74) is 3.78. The Kier molecular flexibility index (Phi) is 6.45. The average Bonchev–Trinajstić information content (AvgIpc) is 2.53. The van der Waals surface area contributed by atoms with Crippen LogP contribution in [0.3, 0.4) is 0 Å². The van der Waals surface area contributed by atoms with E-state index in [2.05, 4.69) is 67.7 Å². The summed E-state index contributed by atoms with van der Waals surface area (Å²) in [7, 11) is 0. The maximum Gasteiger partial charge on any atom is 0.0956 e. The lowest BCUT2D eigenvalue weighted by Gasteiger charge is -2.21. The monoisotopic (exact) mass is 283 g/mol. The van der Waals surface area contributed by atoms with Gasteiger partial charge in [0.25, 0.3) is 0 Å². The Labute approximate surface area is 128 Å². The Morgan fingerprint density at radius 2 is 1.71 bits per heavy atom. The molecule has 0 aliphatic carbocycles. The molecule has 112 valence electrons. The average molecular weight is 283 g/mol. The first kappa shape index (κ1) is 15.7. The molecule has 0 fully saturated rings. The fourth-order valence-corrected chi connectivity index (χ4v) is 2.39. The summed E-state index contributed by atoms with van der Waals surface area (Å²) in [6.45, 7) is 6.85. The number of hydrogen-bond acceptors (Lipinski definition) is 2. The van der Waals surface area contributed by atoms with Crippen LogP contribution < -0.4 is 5.32 Å². The van der Waals surface area contributed by atoms with Gasteiger partial charge in [-0.05, 0) is 36.6 Å². The molecule has 1 unspecified atom stereocenters. The molecule has 0 aliphatic rings. The molecular formula is C19H25NO. The van der Waals surface area contributed by atoms with E-state index in [9.17, 15) is 0 Å². The minimum atomic E-state index is 0.0953. The van der Waals surface area contributed by atoms with Gasteiger partial charge in [0.15, 0.2) is 0 Å². The van der Waals surface area contributed by atoms with Crippen LogP contribution in [0.2, 0.25) is 0 Å². The van der Waals surface area contributed by atoms with Gasteiger partial charge in [0.05, 0.1) is 12.7 Å². The van der Waals surface area contributed by atoms with Crippen molar-refractivity contribution in [3.8, 4) is 0 Å². The Bertz CT molecular complexity index is 524. The van der Waals surface area contributed by atoms with Crippen molar-refractivity contribution in [2.75, 3.05) is 13.1 Å². The second kappa shape index (κ2) is 8.60. The van der Waals surface area contributed by atoms with E-state index in [-0.39, 0.29) is 6.10 Å². The summed E-state index contributed by atoms with van der Waals surface area (Å²) in [6, 6.07) is 18.8. The lowest BCUT2D eigenvalue weighted by atomic mass is 10.0. The van der Waals surface area contributed by atoms with Crippen molar-refractivity contribution in [2.24, 2.45) is 0 Å². The Morgan fingerprint density at radius 3 is 2.43 bits per heavy atom. The zero-order chi connectivity index (χ0) is 14.9. The van der Waals surface area contributed by atoms with E-state index in [1.54, 1.807) is 0 Å². The van der Waals surface area contributed by atoms with Gasteiger partial charge >= 0.3 is 0 Å². The van der Waals surface area contributed by atoms with E-state index in [0.29, 0.717) is 6.61 Å². The van der Waals surface area contributed by atoms with Crippen LogP contribution in [-0.2, 0) is 11.3 Å². The summed E-state index contributed by atoms with van der Waals surface area (Å²) >= 11 is 0. The highest BCUT2D eigenvalue weighted by Crippen LogP contribution is 2.22. The standard InChI is InChI=1S/C19H25NO/c1-3-13-20-14-19(18-12-8-7-9-16(18)2)21-15-17-10-5-4-6-11-17/h4-12,19-20H,3,13-15H2,1-2H3. The molecule has 2 heteroatoms. The third kappa shape index (κ3) is 5.00. The van der Waals surface area contributed by atoms with Crippen LogP contribution in [0.4, 0.5) is 0 Å². The Hall–Kier alpha value is -1.64. The number of hydrogen-bond donors (Lipinski definition) is 1. The van der Waals surface area contributed by atoms with Gasteiger partial charge in [0.2, 0.25) is 0 Å². The molecule has 0 radical (unpaired) electrons. The van der Waals surface area contributed by atoms with E-state index < -0.39 is 0 Å². The van der Waals surface area contributed by atoms with Gasteiger partial charge in [-0.15, -0.1) is 0 Å². The molecule has 2 aromatic carbocycles. The van der Waals surface area contributed by atoms with E-state index in [0.717, 1.165) is 19.5 Å². The molecule has 0 amide bonds. The SMILES string of the molecule is CCCNCC(OCc1ccccc1)c1ccccc1C. The van der Waals surface area contributed by atoms with Crippen molar-refractivity contribution in [3.63, 3.8) is 0 Å². The van der Waals surface area contributed by atoms with Crippen molar-refractivity contribution in [1.82, 2.24) is 5.32 Å². The maximum absolute atomic E-state index is 6.18. The van der Waals surface area contributed by atoms with E-state index in [1.165, 1.54) is 16.7 Å². The molecule has 0 saturated carbocycles. The summed E-state index contributed by atoms with van der Waals surface area (Å²) in [6.07, 6.45) is 1.23. The van der Waals surface area contributed by atoms with Crippen molar-refractivity contribution >= 4 is 0 Å². The summed E-state index contributed by atoms with van der Waals surface area (Å²) in [5.74, 6) is 0. The molecule has 0 bridgehead atoms. The third-order valence-electron chi connectivity index (χ3n) is 3.59. The smallest absolute Gasteiger partial charge is 0.0956 e. The van der Waals surface area contributed by atoms with Crippen LogP contribution in [0, 0.1) is 6.92 Å². The van der Waals surface area contributed by atoms with Crippen LogP contribution in [-0.4, -0.2) is 13.1 Å². The van der Waals surface area contributed by atoms with Crippen molar-refractivity contribution in [1.29, 1.82) is 0 Å². The van der Waals surface area contributed by atoms with Gasteiger partial charge in [0, 0.05) is 6.54 Å². The van der Waals surface area contributed by atoms with Gasteiger partial charge in [0.1, 0.15) is 0 Å². The fraction of sp³-hybridized carbons (Fsp3) is 0.368. The van der Waals surface area contributed by atoms with E-state index in [4.69, 9.17) is 4.74 Å². The van der Waals surface area contributed by atoms with Gasteiger partial charge < -0.3 is 10.1 Å².